The van der Waals surface area contributed by atoms with Crippen molar-refractivity contribution >= 4 is 11.8 Å². The maximum atomic E-state index is 13.9. The molecule has 164 valence electrons. The number of likely N-dealkylation sites (N-methyl/N-ethyl adjacent to an activating group) is 1. The third kappa shape index (κ3) is 3.33. The highest BCUT2D eigenvalue weighted by atomic mass is 16.2. The Morgan fingerprint density at radius 2 is 1.83 bits per heavy atom. The molecule has 4 aliphatic carbocycles. The lowest BCUT2D eigenvalue weighted by molar-refractivity contribution is -0.166. The van der Waals surface area contributed by atoms with Crippen LogP contribution < -0.4 is 0 Å². The third-order valence-corrected chi connectivity index (χ3v) is 8.12. The lowest BCUT2D eigenvalue weighted by Crippen LogP contribution is -2.61. The number of carbonyl (C=O) groups is 2. The van der Waals surface area contributed by atoms with Crippen molar-refractivity contribution in [1.29, 1.82) is 0 Å². The van der Waals surface area contributed by atoms with Crippen molar-refractivity contribution in [3.05, 3.63) is 12.7 Å². The molecule has 2 unspecified atom stereocenters. The average molecular weight is 415 g/mol. The van der Waals surface area contributed by atoms with Crippen molar-refractivity contribution in [2.45, 2.75) is 50.5 Å². The van der Waals surface area contributed by atoms with Crippen molar-refractivity contribution in [3.63, 3.8) is 0 Å². The molecule has 0 aromatic carbocycles. The largest absolute Gasteiger partial charge is 0.348 e. The molecule has 4 bridgehead atoms. The second-order valence-electron chi connectivity index (χ2n) is 10.5. The van der Waals surface area contributed by atoms with Crippen LogP contribution in [0.4, 0.5) is 0 Å². The van der Waals surface area contributed by atoms with Crippen LogP contribution >= 0.6 is 0 Å². The summed E-state index contributed by atoms with van der Waals surface area (Å²) in [7, 11) is 3.60. The number of aromatic nitrogens is 3. The van der Waals surface area contributed by atoms with Gasteiger partial charge in [0.05, 0.1) is 17.5 Å². The number of hydrogen-bond acceptors (Lipinski definition) is 5. The maximum absolute atomic E-state index is 13.9. The molecule has 5 fully saturated rings. The van der Waals surface area contributed by atoms with Gasteiger partial charge in [0.1, 0.15) is 12.7 Å². The van der Waals surface area contributed by atoms with E-state index in [1.54, 1.807) is 25.3 Å². The Labute approximate surface area is 178 Å². The molecule has 5 aliphatic rings. The van der Waals surface area contributed by atoms with Gasteiger partial charge < -0.3 is 9.80 Å². The van der Waals surface area contributed by atoms with Gasteiger partial charge in [-0.05, 0) is 56.8 Å². The van der Waals surface area contributed by atoms with Gasteiger partial charge in [-0.25, -0.2) is 9.67 Å². The van der Waals surface area contributed by atoms with E-state index >= 15 is 0 Å². The number of amides is 2. The summed E-state index contributed by atoms with van der Waals surface area (Å²) in [5.74, 6) is 1.74. The fourth-order valence-corrected chi connectivity index (χ4v) is 7.19. The highest BCUT2D eigenvalue weighted by Crippen LogP contribution is 2.64. The van der Waals surface area contributed by atoms with Crippen LogP contribution in [0.1, 0.15) is 44.9 Å². The first-order valence-electron chi connectivity index (χ1n) is 11.5. The summed E-state index contributed by atoms with van der Waals surface area (Å²) < 4.78 is 2.07. The predicted molar refractivity (Wildman–Crippen MR) is 111 cm³/mol. The molecular weight excluding hydrogens is 380 g/mol. The predicted octanol–water partition coefficient (Wildman–Crippen LogP) is 1.20. The van der Waals surface area contributed by atoms with Crippen molar-refractivity contribution < 1.29 is 9.59 Å². The average Bonchev–Trinajstić information content (AvgIpc) is 3.15. The van der Waals surface area contributed by atoms with Crippen LogP contribution in [0.15, 0.2) is 12.7 Å². The van der Waals surface area contributed by atoms with Crippen LogP contribution in [0, 0.1) is 17.3 Å². The Hall–Kier alpha value is -1.96. The van der Waals surface area contributed by atoms with Crippen molar-refractivity contribution in [2.75, 3.05) is 46.8 Å². The minimum atomic E-state index is -0.231. The van der Waals surface area contributed by atoms with E-state index in [9.17, 15) is 9.59 Å². The van der Waals surface area contributed by atoms with Crippen molar-refractivity contribution in [3.8, 4) is 0 Å². The summed E-state index contributed by atoms with van der Waals surface area (Å²) in [6, 6.07) is 0. The van der Waals surface area contributed by atoms with Gasteiger partial charge in [0.15, 0.2) is 0 Å². The zero-order valence-electron chi connectivity index (χ0n) is 18.3. The second-order valence-corrected chi connectivity index (χ2v) is 10.5. The normalized spacial score (nSPS) is 36.0. The molecule has 1 saturated heterocycles. The van der Waals surface area contributed by atoms with Crippen molar-refractivity contribution in [2.24, 2.45) is 17.3 Å². The monoisotopic (exact) mass is 414 g/mol. The topological polar surface area (TPSA) is 74.6 Å². The Balaban J connectivity index is 1.32. The Morgan fingerprint density at radius 1 is 1.07 bits per heavy atom. The zero-order valence-corrected chi connectivity index (χ0v) is 18.3. The molecule has 1 aliphatic heterocycles. The SMILES string of the molecule is CN(C)C(=O)CN1CCCN(C(=O)C23CC4CC(C2)CC(n2cncn2)(C4)C3)CC1. The van der Waals surface area contributed by atoms with Crippen molar-refractivity contribution in [1.82, 2.24) is 29.5 Å². The van der Waals surface area contributed by atoms with E-state index in [1.165, 1.54) is 6.42 Å². The van der Waals surface area contributed by atoms with Crippen LogP contribution in [-0.2, 0) is 15.1 Å². The van der Waals surface area contributed by atoms with E-state index in [2.05, 4.69) is 24.6 Å². The van der Waals surface area contributed by atoms with Crippen LogP contribution in [0.3, 0.4) is 0 Å². The van der Waals surface area contributed by atoms with Gasteiger partial charge in [-0.15, -0.1) is 0 Å². The molecule has 4 saturated carbocycles. The van der Waals surface area contributed by atoms with Gasteiger partial charge in [-0.2, -0.15) is 5.10 Å². The smallest absolute Gasteiger partial charge is 0.236 e. The molecule has 1 aromatic heterocycles. The molecule has 2 atom stereocenters. The number of carbonyl (C=O) groups excluding carboxylic acids is 2. The second kappa shape index (κ2) is 7.32. The lowest BCUT2D eigenvalue weighted by Gasteiger charge is -2.61. The fraction of sp³-hybridized carbons (Fsp3) is 0.818. The van der Waals surface area contributed by atoms with E-state index < -0.39 is 0 Å². The molecular formula is C22H34N6O2. The molecule has 0 spiro atoms. The van der Waals surface area contributed by atoms with Gasteiger partial charge in [-0.1, -0.05) is 0 Å². The third-order valence-electron chi connectivity index (χ3n) is 8.12. The summed E-state index contributed by atoms with van der Waals surface area (Å²) in [4.78, 5) is 36.2. The van der Waals surface area contributed by atoms with E-state index in [0.29, 0.717) is 24.3 Å². The van der Waals surface area contributed by atoms with Gasteiger partial charge >= 0.3 is 0 Å². The molecule has 2 amide bonds. The number of nitrogens with zero attached hydrogens (tertiary/aromatic N) is 6. The molecule has 8 nitrogen and oxygen atoms in total. The summed E-state index contributed by atoms with van der Waals surface area (Å²) in [5, 5.41) is 4.51. The Bertz CT molecular complexity index is 793. The Morgan fingerprint density at radius 3 is 2.50 bits per heavy atom. The summed E-state index contributed by atoms with van der Waals surface area (Å²) >= 11 is 0. The summed E-state index contributed by atoms with van der Waals surface area (Å²) in [6.45, 7) is 3.64. The van der Waals surface area contributed by atoms with Gasteiger partial charge in [-0.3, -0.25) is 14.5 Å². The lowest BCUT2D eigenvalue weighted by atomic mass is 9.46. The quantitative estimate of drug-likeness (QED) is 0.740. The number of hydrogen-bond donors (Lipinski definition) is 0. The molecule has 1 aromatic rings. The minimum Gasteiger partial charge on any atom is -0.348 e. The van der Waals surface area contributed by atoms with Crippen LogP contribution in [0.25, 0.3) is 0 Å². The number of rotatable bonds is 4. The fourth-order valence-electron chi connectivity index (χ4n) is 7.19. The van der Waals surface area contributed by atoms with Gasteiger partial charge in [0, 0.05) is 40.3 Å². The standard InChI is InChI=1S/C22H34N6O2/c1-25(2)19(29)13-26-4-3-5-27(7-6-26)20(30)21-9-17-8-18(10-21)12-22(11-17,14-21)28-16-23-15-24-28/h15-18H,3-14H2,1-2H3. The molecule has 6 rings (SSSR count). The van der Waals surface area contributed by atoms with E-state index in [-0.39, 0.29) is 16.9 Å². The molecule has 8 heteroatoms. The highest BCUT2D eigenvalue weighted by Gasteiger charge is 2.62. The van der Waals surface area contributed by atoms with E-state index in [4.69, 9.17) is 0 Å². The van der Waals surface area contributed by atoms with Gasteiger partial charge in [0.2, 0.25) is 11.8 Å². The first kappa shape index (κ1) is 20.0. The van der Waals surface area contributed by atoms with E-state index in [0.717, 1.165) is 64.7 Å². The first-order chi connectivity index (χ1) is 14.4. The van der Waals surface area contributed by atoms with Crippen LogP contribution in [-0.4, -0.2) is 88.1 Å². The molecule has 0 N–H and O–H groups in total. The Kier molecular flexibility index (Phi) is 4.87. The molecule has 2 heterocycles. The van der Waals surface area contributed by atoms with Crippen LogP contribution in [0.2, 0.25) is 0 Å². The maximum Gasteiger partial charge on any atom is 0.236 e. The summed E-state index contributed by atoms with van der Waals surface area (Å²) in [5.41, 5.74) is -0.253. The minimum absolute atomic E-state index is 0.0216. The molecule has 0 radical (unpaired) electrons. The van der Waals surface area contributed by atoms with Crippen LogP contribution in [0.5, 0.6) is 0 Å². The van der Waals surface area contributed by atoms with Gasteiger partial charge in [0.25, 0.3) is 0 Å². The highest BCUT2D eigenvalue weighted by molar-refractivity contribution is 5.83. The summed E-state index contributed by atoms with van der Waals surface area (Å²) in [6.07, 6.45) is 11.0. The molecule has 30 heavy (non-hydrogen) atoms. The zero-order chi connectivity index (χ0) is 20.9. The first-order valence-corrected chi connectivity index (χ1v) is 11.5. The van der Waals surface area contributed by atoms with E-state index in [1.807, 2.05) is 6.33 Å².